The molecule has 1 fully saturated rings. The lowest BCUT2D eigenvalue weighted by Gasteiger charge is -2.35. The number of nitrogens with zero attached hydrogens (tertiary/aromatic N) is 3. The van der Waals surface area contributed by atoms with Crippen molar-refractivity contribution in [3.63, 3.8) is 0 Å². The van der Waals surface area contributed by atoms with Crippen LogP contribution in [0.1, 0.15) is 29.3 Å². The average molecular weight is 408 g/mol. The number of aromatic nitrogens is 1. The number of hydrogen-bond donors (Lipinski definition) is 0. The van der Waals surface area contributed by atoms with Crippen LogP contribution < -0.4 is 0 Å². The molecule has 1 saturated heterocycles. The minimum Gasteiger partial charge on any atom is -0.336 e. The Morgan fingerprint density at radius 3 is 2.55 bits per heavy atom. The van der Waals surface area contributed by atoms with E-state index in [1.54, 1.807) is 0 Å². The first-order valence-electron chi connectivity index (χ1n) is 10.3. The van der Waals surface area contributed by atoms with Crippen molar-refractivity contribution in [3.8, 4) is 11.3 Å². The summed E-state index contributed by atoms with van der Waals surface area (Å²) < 4.78 is 0. The van der Waals surface area contributed by atoms with Crippen LogP contribution in [-0.2, 0) is 0 Å². The van der Waals surface area contributed by atoms with Gasteiger partial charge in [0.2, 0.25) is 0 Å². The first kappa shape index (κ1) is 19.9. The lowest BCUT2D eigenvalue weighted by molar-refractivity contribution is 0.0638. The van der Waals surface area contributed by atoms with Crippen molar-refractivity contribution in [3.05, 3.63) is 64.7 Å². The van der Waals surface area contributed by atoms with Crippen LogP contribution in [0.2, 0.25) is 5.02 Å². The van der Waals surface area contributed by atoms with E-state index in [-0.39, 0.29) is 5.91 Å². The van der Waals surface area contributed by atoms with Crippen LogP contribution >= 0.6 is 11.6 Å². The minimum atomic E-state index is 0.0977. The fourth-order valence-electron chi connectivity index (χ4n) is 4.15. The van der Waals surface area contributed by atoms with E-state index in [2.05, 4.69) is 11.8 Å². The number of benzene rings is 2. The fraction of sp³-hybridized carbons (Fsp3) is 0.333. The van der Waals surface area contributed by atoms with Crippen LogP contribution in [0.4, 0.5) is 0 Å². The summed E-state index contributed by atoms with van der Waals surface area (Å²) in [5.74, 6) is 0.0977. The largest absolute Gasteiger partial charge is 0.336 e. The van der Waals surface area contributed by atoms with Gasteiger partial charge in [-0.25, -0.2) is 4.98 Å². The van der Waals surface area contributed by atoms with Crippen LogP contribution in [0.5, 0.6) is 0 Å². The predicted molar refractivity (Wildman–Crippen MR) is 120 cm³/mol. The number of fused-ring (bicyclic) bond motifs is 1. The number of rotatable bonds is 4. The molecule has 0 bridgehead atoms. The molecule has 0 saturated carbocycles. The van der Waals surface area contributed by atoms with E-state index in [0.717, 1.165) is 72.4 Å². The van der Waals surface area contributed by atoms with Crippen LogP contribution in [-0.4, -0.2) is 53.4 Å². The van der Waals surface area contributed by atoms with E-state index < -0.39 is 0 Å². The van der Waals surface area contributed by atoms with Crippen molar-refractivity contribution in [2.24, 2.45) is 0 Å². The third kappa shape index (κ3) is 4.00. The number of halogens is 1. The molecule has 29 heavy (non-hydrogen) atoms. The summed E-state index contributed by atoms with van der Waals surface area (Å²) in [5.41, 5.74) is 4.25. The van der Waals surface area contributed by atoms with Gasteiger partial charge in [0, 0.05) is 42.2 Å². The average Bonchev–Trinajstić information content (AvgIpc) is 2.74. The Hall–Kier alpha value is -2.43. The lowest BCUT2D eigenvalue weighted by atomic mass is 9.96. The van der Waals surface area contributed by atoms with Crippen molar-refractivity contribution in [1.29, 1.82) is 0 Å². The standard InChI is InChI=1S/C24H26ClN3O/c1-3-11-27-12-14-28(15-13-27)24(29)22-17(2)23(18-7-6-8-19(25)16-18)26-21-10-5-4-9-20(21)22/h4-10,16H,3,11-15H2,1-2H3. The van der Waals surface area contributed by atoms with Gasteiger partial charge in [0.1, 0.15) is 0 Å². The second-order valence-corrected chi connectivity index (χ2v) is 8.06. The topological polar surface area (TPSA) is 36.4 Å². The Balaban J connectivity index is 1.77. The molecule has 0 aliphatic carbocycles. The molecule has 0 atom stereocenters. The molecular formula is C24H26ClN3O. The number of carbonyl (C=O) groups excluding carboxylic acids is 1. The molecular weight excluding hydrogens is 382 g/mol. The van der Waals surface area contributed by atoms with Crippen LogP contribution in [0, 0.1) is 6.92 Å². The molecule has 0 N–H and O–H groups in total. The Morgan fingerprint density at radius 1 is 1.07 bits per heavy atom. The molecule has 2 aromatic carbocycles. The summed E-state index contributed by atoms with van der Waals surface area (Å²) in [7, 11) is 0. The Morgan fingerprint density at radius 2 is 1.83 bits per heavy atom. The second-order valence-electron chi connectivity index (χ2n) is 7.62. The molecule has 4 nitrogen and oxygen atoms in total. The summed E-state index contributed by atoms with van der Waals surface area (Å²) in [4.78, 5) is 22.9. The molecule has 150 valence electrons. The van der Waals surface area contributed by atoms with Gasteiger partial charge in [-0.1, -0.05) is 48.9 Å². The maximum Gasteiger partial charge on any atom is 0.254 e. The van der Waals surface area contributed by atoms with Crippen LogP contribution in [0.15, 0.2) is 48.5 Å². The molecule has 1 aromatic heterocycles. The van der Waals surface area contributed by atoms with Gasteiger partial charge >= 0.3 is 0 Å². The minimum absolute atomic E-state index is 0.0977. The van der Waals surface area contributed by atoms with Gasteiger partial charge in [-0.2, -0.15) is 0 Å². The molecule has 2 heterocycles. The maximum absolute atomic E-state index is 13.6. The van der Waals surface area contributed by atoms with Crippen LogP contribution in [0.3, 0.4) is 0 Å². The zero-order valence-electron chi connectivity index (χ0n) is 17.0. The molecule has 0 radical (unpaired) electrons. The first-order chi connectivity index (χ1) is 14.1. The van der Waals surface area contributed by atoms with Gasteiger partial charge in [-0.05, 0) is 43.7 Å². The first-order valence-corrected chi connectivity index (χ1v) is 10.6. The number of carbonyl (C=O) groups is 1. The van der Waals surface area contributed by atoms with E-state index >= 15 is 0 Å². The van der Waals surface area contributed by atoms with Gasteiger partial charge < -0.3 is 4.90 Å². The van der Waals surface area contributed by atoms with E-state index in [9.17, 15) is 4.79 Å². The van der Waals surface area contributed by atoms with Crippen LogP contribution in [0.25, 0.3) is 22.2 Å². The van der Waals surface area contributed by atoms with E-state index in [1.807, 2.05) is 60.4 Å². The van der Waals surface area contributed by atoms with E-state index in [1.165, 1.54) is 0 Å². The summed E-state index contributed by atoms with van der Waals surface area (Å²) in [6.45, 7) is 8.68. The number of amides is 1. The van der Waals surface area contributed by atoms with Crippen molar-refractivity contribution in [2.75, 3.05) is 32.7 Å². The van der Waals surface area contributed by atoms with Crippen molar-refractivity contribution in [1.82, 2.24) is 14.8 Å². The zero-order chi connectivity index (χ0) is 20.4. The summed E-state index contributed by atoms with van der Waals surface area (Å²) >= 11 is 6.22. The number of pyridine rings is 1. The molecule has 5 heteroatoms. The smallest absolute Gasteiger partial charge is 0.254 e. The highest BCUT2D eigenvalue weighted by molar-refractivity contribution is 6.30. The normalized spacial score (nSPS) is 15.1. The highest BCUT2D eigenvalue weighted by Crippen LogP contribution is 2.31. The van der Waals surface area contributed by atoms with Crippen molar-refractivity contribution >= 4 is 28.4 Å². The Kier molecular flexibility index (Phi) is 5.84. The molecule has 3 aromatic rings. The van der Waals surface area contributed by atoms with Crippen molar-refractivity contribution in [2.45, 2.75) is 20.3 Å². The summed E-state index contributed by atoms with van der Waals surface area (Å²) in [5, 5.41) is 1.58. The lowest BCUT2D eigenvalue weighted by Crippen LogP contribution is -2.49. The molecule has 0 unspecified atom stereocenters. The fourth-order valence-corrected chi connectivity index (χ4v) is 4.34. The molecule has 1 amide bonds. The highest BCUT2D eigenvalue weighted by Gasteiger charge is 2.26. The van der Waals surface area contributed by atoms with Gasteiger partial charge in [-0.15, -0.1) is 0 Å². The highest BCUT2D eigenvalue weighted by atomic mass is 35.5. The quantitative estimate of drug-likeness (QED) is 0.608. The third-order valence-corrected chi connectivity index (χ3v) is 5.88. The Labute approximate surface area is 177 Å². The van der Waals surface area contributed by atoms with E-state index in [0.29, 0.717) is 5.02 Å². The molecule has 4 rings (SSSR count). The molecule has 1 aliphatic rings. The van der Waals surface area contributed by atoms with Gasteiger partial charge in [-0.3, -0.25) is 9.69 Å². The molecule has 1 aliphatic heterocycles. The van der Waals surface area contributed by atoms with E-state index in [4.69, 9.17) is 16.6 Å². The van der Waals surface area contributed by atoms with Crippen molar-refractivity contribution < 1.29 is 4.79 Å². The predicted octanol–water partition coefficient (Wildman–Crippen LogP) is 5.03. The zero-order valence-corrected chi connectivity index (χ0v) is 17.7. The number of hydrogen-bond acceptors (Lipinski definition) is 3. The summed E-state index contributed by atoms with van der Waals surface area (Å²) in [6, 6.07) is 15.6. The van der Waals surface area contributed by atoms with Gasteiger partial charge in [0.05, 0.1) is 16.8 Å². The summed E-state index contributed by atoms with van der Waals surface area (Å²) in [6.07, 6.45) is 1.14. The molecule has 0 spiro atoms. The second kappa shape index (κ2) is 8.52. The monoisotopic (exact) mass is 407 g/mol. The number of para-hydroxylation sites is 1. The van der Waals surface area contributed by atoms with Gasteiger partial charge in [0.25, 0.3) is 5.91 Å². The third-order valence-electron chi connectivity index (χ3n) is 5.65. The van der Waals surface area contributed by atoms with Gasteiger partial charge in [0.15, 0.2) is 0 Å². The SMILES string of the molecule is CCCN1CCN(C(=O)c2c(C)c(-c3cccc(Cl)c3)nc3ccccc23)CC1. The number of piperazine rings is 1. The Bertz CT molecular complexity index is 1040. The maximum atomic E-state index is 13.6.